The highest BCUT2D eigenvalue weighted by molar-refractivity contribution is 8.13. The maximum absolute atomic E-state index is 4.62. The predicted molar refractivity (Wildman–Crippen MR) is 70.7 cm³/mol. The minimum absolute atomic E-state index is 0.238. The van der Waals surface area contributed by atoms with Gasteiger partial charge in [0, 0.05) is 17.8 Å². The number of hydrogen-bond acceptors (Lipinski definition) is 2. The SMILES string of the molecule is CC(C)CCCN=C1NC(C)(C)CCS1. The standard InChI is InChI=1S/C12H24N2S/c1-10(2)6-5-8-13-11-14-12(3,4)7-9-15-11/h10H,5-9H2,1-4H3,(H,13,14). The van der Waals surface area contributed by atoms with E-state index < -0.39 is 0 Å². The summed E-state index contributed by atoms with van der Waals surface area (Å²) in [4.78, 5) is 4.62. The van der Waals surface area contributed by atoms with Crippen molar-refractivity contribution in [1.29, 1.82) is 0 Å². The monoisotopic (exact) mass is 228 g/mol. The Labute approximate surface area is 98.3 Å². The molecule has 1 heterocycles. The van der Waals surface area contributed by atoms with Crippen molar-refractivity contribution in [2.75, 3.05) is 12.3 Å². The number of nitrogens with one attached hydrogen (secondary N) is 1. The first kappa shape index (κ1) is 12.9. The van der Waals surface area contributed by atoms with Crippen molar-refractivity contribution in [2.45, 2.75) is 52.5 Å². The van der Waals surface area contributed by atoms with Gasteiger partial charge in [-0.25, -0.2) is 0 Å². The van der Waals surface area contributed by atoms with Gasteiger partial charge in [-0.1, -0.05) is 25.6 Å². The maximum atomic E-state index is 4.62. The van der Waals surface area contributed by atoms with Crippen LogP contribution in [0.2, 0.25) is 0 Å². The minimum atomic E-state index is 0.238. The molecule has 1 rings (SSSR count). The number of aliphatic imine (C=N–C) groups is 1. The van der Waals surface area contributed by atoms with Gasteiger partial charge >= 0.3 is 0 Å². The third kappa shape index (κ3) is 5.45. The van der Waals surface area contributed by atoms with Gasteiger partial charge in [-0.2, -0.15) is 0 Å². The Kier molecular flexibility index (Phi) is 4.97. The molecule has 0 bridgehead atoms. The van der Waals surface area contributed by atoms with Crippen molar-refractivity contribution in [3.8, 4) is 0 Å². The average molecular weight is 228 g/mol. The zero-order chi connectivity index (χ0) is 11.3. The first-order chi connectivity index (χ1) is 6.99. The molecule has 2 nitrogen and oxygen atoms in total. The van der Waals surface area contributed by atoms with Crippen LogP contribution in [0.15, 0.2) is 4.99 Å². The average Bonchev–Trinajstić information content (AvgIpc) is 2.10. The van der Waals surface area contributed by atoms with Crippen LogP contribution < -0.4 is 5.32 Å². The van der Waals surface area contributed by atoms with Crippen molar-refractivity contribution in [3.05, 3.63) is 0 Å². The van der Waals surface area contributed by atoms with E-state index in [1.807, 2.05) is 11.8 Å². The Hall–Kier alpha value is -0.180. The van der Waals surface area contributed by atoms with Crippen LogP contribution in [-0.2, 0) is 0 Å². The lowest BCUT2D eigenvalue weighted by Gasteiger charge is -2.32. The summed E-state index contributed by atoms with van der Waals surface area (Å²) in [7, 11) is 0. The number of hydrogen-bond donors (Lipinski definition) is 1. The number of nitrogens with zero attached hydrogens (tertiary/aromatic N) is 1. The van der Waals surface area contributed by atoms with Crippen molar-refractivity contribution in [2.24, 2.45) is 10.9 Å². The maximum Gasteiger partial charge on any atom is 0.156 e. The van der Waals surface area contributed by atoms with Gasteiger partial charge in [0.15, 0.2) is 5.17 Å². The van der Waals surface area contributed by atoms with Crippen LogP contribution in [0, 0.1) is 5.92 Å². The molecule has 88 valence electrons. The topological polar surface area (TPSA) is 24.4 Å². The van der Waals surface area contributed by atoms with Gasteiger partial charge in [-0.15, -0.1) is 0 Å². The van der Waals surface area contributed by atoms with E-state index in [9.17, 15) is 0 Å². The van der Waals surface area contributed by atoms with Crippen LogP contribution in [0.4, 0.5) is 0 Å². The summed E-state index contributed by atoms with van der Waals surface area (Å²) in [6.07, 6.45) is 3.72. The molecule has 0 aromatic rings. The van der Waals surface area contributed by atoms with Crippen LogP contribution in [0.25, 0.3) is 0 Å². The van der Waals surface area contributed by atoms with Crippen LogP contribution in [0.3, 0.4) is 0 Å². The quantitative estimate of drug-likeness (QED) is 0.747. The highest BCUT2D eigenvalue weighted by Gasteiger charge is 2.23. The van der Waals surface area contributed by atoms with Crippen LogP contribution >= 0.6 is 11.8 Å². The molecule has 3 heteroatoms. The lowest BCUT2D eigenvalue weighted by Crippen LogP contribution is -2.46. The van der Waals surface area contributed by atoms with Crippen molar-refractivity contribution in [3.63, 3.8) is 0 Å². The van der Waals surface area contributed by atoms with Gasteiger partial charge in [0.2, 0.25) is 0 Å². The molecule has 0 radical (unpaired) electrons. The second-order valence-electron chi connectivity index (χ2n) is 5.33. The molecule has 0 aromatic heterocycles. The Morgan fingerprint density at radius 3 is 2.80 bits per heavy atom. The van der Waals surface area contributed by atoms with E-state index in [0.717, 1.165) is 17.6 Å². The number of thioether (sulfide) groups is 1. The molecule has 0 spiro atoms. The predicted octanol–water partition coefficient (Wildman–Crippen LogP) is 3.28. The highest BCUT2D eigenvalue weighted by Crippen LogP contribution is 2.21. The van der Waals surface area contributed by atoms with E-state index in [4.69, 9.17) is 0 Å². The molecule has 1 aliphatic heterocycles. The van der Waals surface area contributed by atoms with E-state index in [-0.39, 0.29) is 5.54 Å². The second-order valence-corrected chi connectivity index (χ2v) is 6.41. The molecule has 1 aliphatic rings. The van der Waals surface area contributed by atoms with E-state index in [1.165, 1.54) is 25.0 Å². The molecule has 0 saturated carbocycles. The summed E-state index contributed by atoms with van der Waals surface area (Å²) in [5.74, 6) is 2.00. The van der Waals surface area contributed by atoms with E-state index in [2.05, 4.69) is 38.0 Å². The number of rotatable bonds is 4. The molecular weight excluding hydrogens is 204 g/mol. The third-order valence-corrected chi connectivity index (χ3v) is 3.52. The van der Waals surface area contributed by atoms with Crippen LogP contribution in [0.5, 0.6) is 0 Å². The molecule has 1 N–H and O–H groups in total. The zero-order valence-corrected chi connectivity index (χ0v) is 11.3. The van der Waals surface area contributed by atoms with Gasteiger partial charge in [0.05, 0.1) is 0 Å². The van der Waals surface area contributed by atoms with E-state index in [0.29, 0.717) is 0 Å². The largest absolute Gasteiger partial charge is 0.360 e. The summed E-state index contributed by atoms with van der Waals surface area (Å²) in [5.41, 5.74) is 0.238. The van der Waals surface area contributed by atoms with Gasteiger partial charge < -0.3 is 5.32 Å². The Morgan fingerprint density at radius 2 is 2.20 bits per heavy atom. The summed E-state index contributed by atoms with van der Waals surface area (Å²) in [5, 5.41) is 4.64. The normalized spacial score (nSPS) is 23.1. The van der Waals surface area contributed by atoms with Gasteiger partial charge in [0.25, 0.3) is 0 Å². The van der Waals surface area contributed by atoms with Gasteiger partial charge in [0.1, 0.15) is 0 Å². The molecule has 15 heavy (non-hydrogen) atoms. The third-order valence-electron chi connectivity index (χ3n) is 2.61. The van der Waals surface area contributed by atoms with Gasteiger partial charge in [-0.3, -0.25) is 4.99 Å². The molecule has 0 aromatic carbocycles. The summed E-state index contributed by atoms with van der Waals surface area (Å²) in [6, 6.07) is 0. The summed E-state index contributed by atoms with van der Waals surface area (Å²) in [6.45, 7) is 10.0. The fourth-order valence-electron chi connectivity index (χ4n) is 1.56. The second kappa shape index (κ2) is 5.78. The molecule has 1 saturated heterocycles. The zero-order valence-electron chi connectivity index (χ0n) is 10.5. The molecule has 0 aliphatic carbocycles. The summed E-state index contributed by atoms with van der Waals surface area (Å²) < 4.78 is 0. The molecule has 1 fully saturated rings. The smallest absolute Gasteiger partial charge is 0.156 e. The lowest BCUT2D eigenvalue weighted by atomic mass is 10.0. The molecule has 0 atom stereocenters. The van der Waals surface area contributed by atoms with Crippen LogP contribution in [0.1, 0.15) is 47.0 Å². The first-order valence-electron chi connectivity index (χ1n) is 5.95. The van der Waals surface area contributed by atoms with Gasteiger partial charge in [-0.05, 0) is 39.0 Å². The highest BCUT2D eigenvalue weighted by atomic mass is 32.2. The van der Waals surface area contributed by atoms with E-state index >= 15 is 0 Å². The van der Waals surface area contributed by atoms with Crippen molar-refractivity contribution in [1.82, 2.24) is 5.32 Å². The Morgan fingerprint density at radius 1 is 1.47 bits per heavy atom. The fourth-order valence-corrected chi connectivity index (χ4v) is 2.89. The summed E-state index contributed by atoms with van der Waals surface area (Å²) >= 11 is 1.86. The van der Waals surface area contributed by atoms with Crippen molar-refractivity contribution < 1.29 is 0 Å². The van der Waals surface area contributed by atoms with Crippen molar-refractivity contribution >= 4 is 16.9 Å². The minimum Gasteiger partial charge on any atom is -0.360 e. The first-order valence-corrected chi connectivity index (χ1v) is 6.93. The fraction of sp³-hybridized carbons (Fsp3) is 0.917. The Balaban J connectivity index is 2.27. The van der Waals surface area contributed by atoms with Crippen LogP contribution in [-0.4, -0.2) is 23.0 Å². The molecule has 0 unspecified atom stereocenters. The Bertz CT molecular complexity index is 222. The lowest BCUT2D eigenvalue weighted by molar-refractivity contribution is 0.446. The molecular formula is C12H24N2S. The number of amidine groups is 1. The molecule has 0 amide bonds. The van der Waals surface area contributed by atoms with E-state index in [1.54, 1.807) is 0 Å².